The Balaban J connectivity index is 0.000000206. The van der Waals surface area contributed by atoms with Gasteiger partial charge in [0.1, 0.15) is 40.3 Å². The molecule has 6 fully saturated rings. The minimum absolute atomic E-state index is 0. The van der Waals surface area contributed by atoms with E-state index < -0.39 is 93.5 Å². The van der Waals surface area contributed by atoms with Gasteiger partial charge >= 0.3 is 24.3 Å². The van der Waals surface area contributed by atoms with Crippen LogP contribution < -0.4 is 39.9 Å². The number of likely N-dealkylation sites (tertiary alicyclic amines) is 6. The molecular formula is C97H122ClF12N11O12. The Kier molecular flexibility index (Phi) is 34.2. The van der Waals surface area contributed by atoms with E-state index in [0.717, 1.165) is 53.1 Å². The Morgan fingerprint density at radius 3 is 1.04 bits per heavy atom. The fourth-order valence-corrected chi connectivity index (χ4v) is 18.4. The first-order valence-corrected chi connectivity index (χ1v) is 44.7. The number of oxime groups is 1. The summed E-state index contributed by atoms with van der Waals surface area (Å²) < 4.78 is 210. The van der Waals surface area contributed by atoms with Crippen LogP contribution in [0.2, 0.25) is 0 Å². The number of alkyl halides is 12. The van der Waals surface area contributed by atoms with Crippen LogP contribution in [0.3, 0.4) is 0 Å². The first kappa shape index (κ1) is 105. The maximum atomic E-state index is 17.1. The lowest BCUT2D eigenvalue weighted by Crippen LogP contribution is -2.53. The number of nitriles is 1. The van der Waals surface area contributed by atoms with Crippen molar-refractivity contribution in [3.05, 3.63) is 194 Å². The molecule has 4 N–H and O–H groups in total. The van der Waals surface area contributed by atoms with Gasteiger partial charge in [0.05, 0.1) is 63.9 Å². The molecular weight excluding hydrogens is 1770 g/mol. The Hall–Kier alpha value is -10.4. The van der Waals surface area contributed by atoms with Crippen molar-refractivity contribution in [2.24, 2.45) is 10.9 Å². The molecule has 0 radical (unpaired) electrons. The van der Waals surface area contributed by atoms with Crippen LogP contribution in [0.4, 0.5) is 52.7 Å². The topological polar surface area (TPSA) is 267 Å². The second-order valence-corrected chi connectivity index (χ2v) is 37.8. The Morgan fingerprint density at radius 1 is 0.489 bits per heavy atom. The number of unbranched alkanes of at least 4 members (excludes halogenated alkanes) is 1. The number of rotatable bonds is 26. The predicted octanol–water partition coefficient (Wildman–Crippen LogP) is 18.8. The number of benzene rings is 6. The third kappa shape index (κ3) is 25.6. The van der Waals surface area contributed by atoms with Gasteiger partial charge in [0.15, 0.2) is 5.82 Å². The Bertz CT molecular complexity index is 5170. The van der Waals surface area contributed by atoms with Gasteiger partial charge in [-0.15, -0.1) is 12.4 Å². The fourth-order valence-electron chi connectivity index (χ4n) is 18.4. The lowest BCUT2D eigenvalue weighted by molar-refractivity contribution is -0.146. The molecule has 0 saturated carbocycles. The summed E-state index contributed by atoms with van der Waals surface area (Å²) in [4.78, 5) is 66.0. The molecule has 6 aliphatic rings. The van der Waals surface area contributed by atoms with E-state index in [2.05, 4.69) is 19.8 Å². The molecule has 0 spiro atoms. The number of amidine groups is 1. The number of amides is 3. The van der Waals surface area contributed by atoms with Gasteiger partial charge in [-0.2, -0.15) is 44.8 Å². The van der Waals surface area contributed by atoms with E-state index in [4.69, 9.17) is 44.6 Å². The van der Waals surface area contributed by atoms with E-state index in [9.17, 15) is 58.7 Å². The predicted molar refractivity (Wildman–Crippen MR) is 479 cm³/mol. The van der Waals surface area contributed by atoms with E-state index >= 15 is 13.2 Å². The van der Waals surface area contributed by atoms with E-state index in [-0.39, 0.29) is 161 Å². The number of methoxy groups -OCH3 is 3. The maximum absolute atomic E-state index is 17.1. The van der Waals surface area contributed by atoms with Crippen LogP contribution in [0.1, 0.15) is 224 Å². The van der Waals surface area contributed by atoms with Crippen LogP contribution >= 0.6 is 12.4 Å². The SMILES string of the molecule is COc1ccc([C@@H]2CN(C(C)(C)C)C[C@@]2(F)C(=O)N2CCC(c3ccc(C(F)(F)F)cc3OCCCC#N)CC2)cc1.COc1ccc([C@@H]2CN(C(C)(C)C)C[C@@]2(F)C(=O)N2CCC(c3ccc(C(F)(F)F)cc3OCCCC(N)=NO)CC2)cc1.COc1ccc([C@@H]2CN(C(C)(C)C)C[C@@]2(F)C(=O)N2CCC(c3ccc(C(F)(F)F)cc3OCCCc3noc(=O)[nH]3)CC2)cc1.Cl. The number of piperidine rings is 3. The number of carbonyl (C=O) groups excluding carboxylic acids is 3. The van der Waals surface area contributed by atoms with Crippen molar-refractivity contribution in [3.63, 3.8) is 0 Å². The maximum Gasteiger partial charge on any atom is 0.438 e. The van der Waals surface area contributed by atoms with Gasteiger partial charge < -0.3 is 54.1 Å². The quantitative estimate of drug-likeness (QED) is 0.0114. The molecule has 23 nitrogen and oxygen atoms in total. The molecule has 0 unspecified atom stereocenters. The van der Waals surface area contributed by atoms with Crippen LogP contribution in [-0.2, 0) is 39.3 Å². The fraction of sp³-hybridized carbons (Fsp3) is 0.557. The van der Waals surface area contributed by atoms with E-state index in [0.29, 0.717) is 124 Å². The molecule has 7 aromatic rings. The van der Waals surface area contributed by atoms with Gasteiger partial charge in [-0.3, -0.25) is 38.6 Å². The Labute approximate surface area is 774 Å². The average Bonchev–Trinajstić information content (AvgIpc) is 1.61. The van der Waals surface area contributed by atoms with Gasteiger partial charge in [-0.05, 0) is 244 Å². The van der Waals surface area contributed by atoms with Gasteiger partial charge in [-0.1, -0.05) is 64.9 Å². The van der Waals surface area contributed by atoms with Crippen molar-refractivity contribution < 1.29 is 105 Å². The van der Waals surface area contributed by atoms with Crippen molar-refractivity contribution in [1.29, 1.82) is 5.26 Å². The second-order valence-electron chi connectivity index (χ2n) is 37.8. The number of nitrogens with zero attached hydrogens (tertiary/aromatic N) is 9. The van der Waals surface area contributed by atoms with Crippen molar-refractivity contribution in [3.8, 4) is 40.6 Å². The number of ether oxygens (including phenoxy) is 6. The van der Waals surface area contributed by atoms with Crippen LogP contribution in [0.15, 0.2) is 142 Å². The number of halogens is 13. The van der Waals surface area contributed by atoms with Crippen molar-refractivity contribution in [1.82, 2.24) is 39.5 Å². The molecule has 6 aliphatic heterocycles. The molecule has 7 heterocycles. The van der Waals surface area contributed by atoms with E-state index in [1.54, 1.807) is 96.7 Å². The summed E-state index contributed by atoms with van der Waals surface area (Å²) >= 11 is 0. The number of H-pyrrole nitrogens is 1. The molecule has 6 atom stereocenters. The molecule has 6 saturated heterocycles. The average molecular weight is 1900 g/mol. The van der Waals surface area contributed by atoms with Crippen molar-refractivity contribution in [2.45, 2.75) is 227 Å². The Morgan fingerprint density at radius 2 is 0.782 bits per heavy atom. The lowest BCUT2D eigenvalue weighted by atomic mass is 9.83. The number of hydrogen-bond acceptors (Lipinski definition) is 18. The molecule has 0 aliphatic carbocycles. The summed E-state index contributed by atoms with van der Waals surface area (Å²) in [5, 5.41) is 24.0. The third-order valence-corrected chi connectivity index (χ3v) is 26.2. The number of carbonyl (C=O) groups is 3. The van der Waals surface area contributed by atoms with Crippen molar-refractivity contribution in [2.75, 3.05) is 120 Å². The molecule has 728 valence electrons. The highest BCUT2D eigenvalue weighted by atomic mass is 35.5. The van der Waals surface area contributed by atoms with Gasteiger partial charge in [-0.25, -0.2) is 18.0 Å². The normalized spacial score (nSPS) is 21.8. The summed E-state index contributed by atoms with van der Waals surface area (Å²) in [6, 6.07) is 33.9. The van der Waals surface area contributed by atoms with Crippen LogP contribution in [-0.4, -0.2) is 222 Å². The summed E-state index contributed by atoms with van der Waals surface area (Å²) in [5.74, 6) is -2.22. The van der Waals surface area contributed by atoms with Gasteiger partial charge in [0, 0.05) is 132 Å². The molecule has 1 aromatic heterocycles. The van der Waals surface area contributed by atoms with E-state index in [1.807, 2.05) is 95.2 Å². The number of nitrogens with one attached hydrogen (secondary N) is 1. The number of nitrogens with two attached hydrogens (primary N) is 1. The highest BCUT2D eigenvalue weighted by Gasteiger charge is 2.60. The smallest absolute Gasteiger partial charge is 0.438 e. The summed E-state index contributed by atoms with van der Waals surface area (Å²) in [6.07, 6.45) is -8.98. The highest BCUT2D eigenvalue weighted by molar-refractivity contribution is 5.89. The van der Waals surface area contributed by atoms with Crippen molar-refractivity contribution >= 4 is 36.0 Å². The molecule has 36 heteroatoms. The number of aromatic nitrogens is 2. The molecule has 13 rings (SSSR count). The highest BCUT2D eigenvalue weighted by Crippen LogP contribution is 2.51. The van der Waals surface area contributed by atoms with Gasteiger partial charge in [0.25, 0.3) is 17.7 Å². The second kappa shape index (κ2) is 43.5. The third-order valence-electron chi connectivity index (χ3n) is 26.2. The van der Waals surface area contributed by atoms with Gasteiger partial charge in [0.2, 0.25) is 17.0 Å². The summed E-state index contributed by atoms with van der Waals surface area (Å²) in [5.41, 5.74) is -0.379. The van der Waals surface area contributed by atoms with E-state index in [1.165, 1.54) is 18.2 Å². The zero-order valence-electron chi connectivity index (χ0n) is 77.2. The number of aryl methyl sites for hydroxylation is 1. The minimum Gasteiger partial charge on any atom is -0.497 e. The van der Waals surface area contributed by atoms with Crippen LogP contribution in [0, 0.1) is 11.3 Å². The summed E-state index contributed by atoms with van der Waals surface area (Å²) in [7, 11) is 4.68. The summed E-state index contributed by atoms with van der Waals surface area (Å²) in [6.45, 7) is 21.0. The number of aromatic amines is 1. The monoisotopic (exact) mass is 1900 g/mol. The lowest BCUT2D eigenvalue weighted by Gasteiger charge is -2.38. The zero-order chi connectivity index (χ0) is 96.3. The molecule has 133 heavy (non-hydrogen) atoms. The van der Waals surface area contributed by atoms with Crippen LogP contribution in [0.5, 0.6) is 34.5 Å². The number of hydrogen-bond donors (Lipinski definition) is 3. The minimum atomic E-state index is -4.55. The first-order valence-electron chi connectivity index (χ1n) is 44.7. The largest absolute Gasteiger partial charge is 0.497 e. The molecule has 0 bridgehead atoms. The zero-order valence-corrected chi connectivity index (χ0v) is 78.0. The molecule has 3 amide bonds. The standard InChI is InChI=1S/C33H40F4N4O5.C32H42F4N4O4.C32H39F4N3O3.ClH/c1-31(2,3)41-19-26(22-7-10-24(44-4)11-8-22)32(34,20-41)29(42)40-15-13-21(14-16-40)25-12-9-23(33(35,36)37)18-27(25)45-17-5-6-28-38-30(43)46-39-28;1-30(2,3)40-19-26(22-7-10-24(43-4)11-8-22)31(33,20-40)29(41)39-15-13-21(14-16-39)25-12-9-23(32(34,35)36)18-27(25)44-17-5-6-28(37)38-42;1-30(2,3)39-20-27(23-7-10-25(41-4)11-8-23)31(33,21-39)29(40)38-16-13-22(14-17-38)26-12-9-24(32(34,35)36)19-28(26)42-18-6-5-15-37;/h7-12,18,21,26H,5-6,13-17,19-20H2,1-4H3,(H,38,39,43);7-12,18,21,26,42H,5-6,13-17,19-20H2,1-4H3,(H2,37,38);7-12,19,22,27H,5-6,13-14,16-18,20-21H2,1-4H3;1H/t26-,32-;26-,31-;27-,31-;/m000./s1. The molecule has 6 aromatic carbocycles. The van der Waals surface area contributed by atoms with Crippen LogP contribution in [0.25, 0.3) is 0 Å². The first-order chi connectivity index (χ1) is 62.1.